The number of hydrogen-bond donors (Lipinski definition) is 0. The van der Waals surface area contributed by atoms with Crippen molar-refractivity contribution in [2.75, 3.05) is 17.7 Å². The number of benzene rings is 1. The SMILES string of the molecule is CCSc1cccc(N(C)C(C)CC(C)C)c1C#N. The van der Waals surface area contributed by atoms with E-state index < -0.39 is 0 Å². The molecule has 1 rings (SSSR count). The summed E-state index contributed by atoms with van der Waals surface area (Å²) in [5.74, 6) is 1.65. The summed E-state index contributed by atoms with van der Waals surface area (Å²) in [4.78, 5) is 3.32. The third-order valence-corrected chi connectivity index (χ3v) is 4.21. The van der Waals surface area contributed by atoms with Crippen molar-refractivity contribution in [1.82, 2.24) is 0 Å². The van der Waals surface area contributed by atoms with E-state index in [9.17, 15) is 5.26 Å². The van der Waals surface area contributed by atoms with Crippen molar-refractivity contribution < 1.29 is 0 Å². The van der Waals surface area contributed by atoms with E-state index in [1.807, 2.05) is 12.1 Å². The molecule has 0 saturated heterocycles. The lowest BCUT2D eigenvalue weighted by atomic mass is 10.0. The molecule has 0 saturated carbocycles. The number of anilines is 1. The summed E-state index contributed by atoms with van der Waals surface area (Å²) in [6.07, 6.45) is 1.13. The van der Waals surface area contributed by atoms with Gasteiger partial charge in [0.15, 0.2) is 0 Å². The molecule has 104 valence electrons. The first-order valence-corrected chi connectivity index (χ1v) is 7.88. The molecule has 0 bridgehead atoms. The maximum absolute atomic E-state index is 9.45. The summed E-state index contributed by atoms with van der Waals surface area (Å²) in [6, 6.07) is 8.95. The molecule has 1 aromatic rings. The van der Waals surface area contributed by atoms with E-state index in [0.717, 1.165) is 28.3 Å². The Labute approximate surface area is 121 Å². The van der Waals surface area contributed by atoms with Crippen LogP contribution < -0.4 is 4.90 Å². The van der Waals surface area contributed by atoms with Gasteiger partial charge in [0.1, 0.15) is 6.07 Å². The average Bonchev–Trinajstić information content (AvgIpc) is 2.37. The summed E-state index contributed by atoms with van der Waals surface area (Å²) >= 11 is 1.73. The molecule has 0 radical (unpaired) electrons. The molecular weight excluding hydrogens is 252 g/mol. The van der Waals surface area contributed by atoms with Gasteiger partial charge in [-0.05, 0) is 37.1 Å². The lowest BCUT2D eigenvalue weighted by Gasteiger charge is -2.29. The Hall–Kier alpha value is -1.14. The van der Waals surface area contributed by atoms with E-state index in [1.165, 1.54) is 0 Å². The monoisotopic (exact) mass is 276 g/mol. The minimum absolute atomic E-state index is 0.439. The van der Waals surface area contributed by atoms with Crippen LogP contribution in [0.2, 0.25) is 0 Å². The molecule has 0 heterocycles. The van der Waals surface area contributed by atoms with E-state index in [0.29, 0.717) is 12.0 Å². The fraction of sp³-hybridized carbons (Fsp3) is 0.562. The second-order valence-corrected chi connectivity index (χ2v) is 6.59. The highest BCUT2D eigenvalue weighted by Crippen LogP contribution is 2.31. The number of nitrogens with zero attached hydrogens (tertiary/aromatic N) is 2. The van der Waals surface area contributed by atoms with Crippen molar-refractivity contribution in [3.63, 3.8) is 0 Å². The van der Waals surface area contributed by atoms with E-state index >= 15 is 0 Å². The Morgan fingerprint density at radius 2 is 2.00 bits per heavy atom. The smallest absolute Gasteiger partial charge is 0.103 e. The van der Waals surface area contributed by atoms with Gasteiger partial charge in [-0.15, -0.1) is 11.8 Å². The lowest BCUT2D eigenvalue weighted by molar-refractivity contribution is 0.504. The molecule has 0 aliphatic carbocycles. The molecule has 0 fully saturated rings. The predicted octanol–water partition coefficient (Wildman–Crippen LogP) is 4.54. The molecule has 0 N–H and O–H groups in total. The molecule has 2 nitrogen and oxygen atoms in total. The Balaban J connectivity index is 3.06. The van der Waals surface area contributed by atoms with E-state index in [1.54, 1.807) is 11.8 Å². The summed E-state index contributed by atoms with van der Waals surface area (Å²) in [5, 5.41) is 9.45. The van der Waals surface area contributed by atoms with Crippen molar-refractivity contribution in [2.45, 2.75) is 45.1 Å². The van der Waals surface area contributed by atoms with Gasteiger partial charge in [-0.1, -0.05) is 26.8 Å². The average molecular weight is 276 g/mol. The van der Waals surface area contributed by atoms with Crippen LogP contribution in [0.4, 0.5) is 5.69 Å². The van der Waals surface area contributed by atoms with Gasteiger partial charge < -0.3 is 4.90 Å². The van der Waals surface area contributed by atoms with Crippen LogP contribution in [0.1, 0.15) is 39.7 Å². The molecule has 0 aliphatic heterocycles. The van der Waals surface area contributed by atoms with Crippen molar-refractivity contribution in [1.29, 1.82) is 5.26 Å². The third kappa shape index (κ3) is 4.18. The molecule has 0 aliphatic rings. The number of hydrogen-bond acceptors (Lipinski definition) is 3. The van der Waals surface area contributed by atoms with E-state index in [4.69, 9.17) is 0 Å². The Kier molecular flexibility index (Phi) is 6.24. The molecule has 1 atom stereocenters. The zero-order chi connectivity index (χ0) is 14.4. The quantitative estimate of drug-likeness (QED) is 0.714. The van der Waals surface area contributed by atoms with Crippen molar-refractivity contribution in [3.8, 4) is 6.07 Å². The fourth-order valence-electron chi connectivity index (χ4n) is 2.28. The summed E-state index contributed by atoms with van der Waals surface area (Å²) in [5.41, 5.74) is 1.86. The van der Waals surface area contributed by atoms with Crippen molar-refractivity contribution >= 4 is 17.4 Å². The Morgan fingerprint density at radius 1 is 1.32 bits per heavy atom. The second kappa shape index (κ2) is 7.45. The highest BCUT2D eigenvalue weighted by molar-refractivity contribution is 7.99. The van der Waals surface area contributed by atoms with Gasteiger partial charge in [0, 0.05) is 18.0 Å². The lowest BCUT2D eigenvalue weighted by Crippen LogP contribution is -2.30. The van der Waals surface area contributed by atoms with Crippen LogP contribution in [-0.2, 0) is 0 Å². The zero-order valence-corrected chi connectivity index (χ0v) is 13.4. The standard InChI is InChI=1S/C16H24N2S/c1-6-19-16-9-7-8-15(14(16)11-17)18(5)13(4)10-12(2)3/h7-9,12-13H,6,10H2,1-5H3. The third-order valence-electron chi connectivity index (χ3n) is 3.27. The number of nitriles is 1. The van der Waals surface area contributed by atoms with E-state index in [-0.39, 0.29) is 0 Å². The van der Waals surface area contributed by atoms with Crippen LogP contribution in [-0.4, -0.2) is 18.8 Å². The van der Waals surface area contributed by atoms with Gasteiger partial charge in [-0.25, -0.2) is 0 Å². The largest absolute Gasteiger partial charge is 0.371 e. The Bertz CT molecular complexity index is 449. The van der Waals surface area contributed by atoms with Crippen LogP contribution >= 0.6 is 11.8 Å². The minimum atomic E-state index is 0.439. The maximum atomic E-state index is 9.45. The summed E-state index contributed by atoms with van der Waals surface area (Å²) in [6.45, 7) is 8.81. The second-order valence-electron chi connectivity index (χ2n) is 5.28. The molecule has 1 aromatic carbocycles. The molecule has 0 amide bonds. The first-order chi connectivity index (χ1) is 9.01. The molecule has 0 spiro atoms. The van der Waals surface area contributed by atoms with Gasteiger partial charge in [0.2, 0.25) is 0 Å². The first-order valence-electron chi connectivity index (χ1n) is 6.90. The Morgan fingerprint density at radius 3 is 2.53 bits per heavy atom. The van der Waals surface area contributed by atoms with Crippen LogP contribution in [0, 0.1) is 17.2 Å². The minimum Gasteiger partial charge on any atom is -0.371 e. The molecule has 19 heavy (non-hydrogen) atoms. The number of rotatable bonds is 6. The molecular formula is C16H24N2S. The van der Waals surface area contributed by atoms with Crippen LogP contribution in [0.3, 0.4) is 0 Å². The van der Waals surface area contributed by atoms with Crippen molar-refractivity contribution in [2.24, 2.45) is 5.92 Å². The molecule has 0 aromatic heterocycles. The van der Waals surface area contributed by atoms with Gasteiger partial charge in [0.05, 0.1) is 11.3 Å². The predicted molar refractivity (Wildman–Crippen MR) is 84.9 cm³/mol. The topological polar surface area (TPSA) is 27.0 Å². The fourth-order valence-corrected chi connectivity index (χ4v) is 3.06. The first kappa shape index (κ1) is 15.9. The van der Waals surface area contributed by atoms with Crippen molar-refractivity contribution in [3.05, 3.63) is 23.8 Å². The number of thioether (sulfide) groups is 1. The van der Waals surface area contributed by atoms with Crippen LogP contribution in [0.15, 0.2) is 23.1 Å². The van der Waals surface area contributed by atoms with Crippen LogP contribution in [0.5, 0.6) is 0 Å². The maximum Gasteiger partial charge on any atom is 0.103 e. The van der Waals surface area contributed by atoms with Gasteiger partial charge >= 0.3 is 0 Å². The summed E-state index contributed by atoms with van der Waals surface area (Å²) < 4.78 is 0. The van der Waals surface area contributed by atoms with Gasteiger partial charge in [-0.3, -0.25) is 0 Å². The highest BCUT2D eigenvalue weighted by Gasteiger charge is 2.16. The zero-order valence-electron chi connectivity index (χ0n) is 12.6. The van der Waals surface area contributed by atoms with Crippen LogP contribution in [0.25, 0.3) is 0 Å². The van der Waals surface area contributed by atoms with Gasteiger partial charge in [-0.2, -0.15) is 5.26 Å². The molecule has 3 heteroatoms. The normalized spacial score (nSPS) is 12.3. The highest BCUT2D eigenvalue weighted by atomic mass is 32.2. The van der Waals surface area contributed by atoms with E-state index in [2.05, 4.69) is 51.8 Å². The summed E-state index contributed by atoms with van der Waals surface area (Å²) in [7, 11) is 2.09. The van der Waals surface area contributed by atoms with Gasteiger partial charge in [0.25, 0.3) is 0 Å². The molecule has 1 unspecified atom stereocenters.